The number of hydrogen-bond acceptors (Lipinski definition) is 3. The molecule has 1 N–H and O–H groups in total. The van der Waals surface area contributed by atoms with Crippen molar-refractivity contribution >= 4 is 28.4 Å². The number of piperidine rings is 1. The summed E-state index contributed by atoms with van der Waals surface area (Å²) in [5, 5.41) is 5.14. The normalized spacial score (nSPS) is 19.5. The lowest BCUT2D eigenvalue weighted by molar-refractivity contribution is 0.0674. The minimum absolute atomic E-state index is 0.159. The van der Waals surface area contributed by atoms with Gasteiger partial charge in [0.1, 0.15) is 0 Å². The van der Waals surface area contributed by atoms with E-state index in [2.05, 4.69) is 11.4 Å². The molecule has 0 bridgehead atoms. The smallest absolute Gasteiger partial charge is 0.254 e. The van der Waals surface area contributed by atoms with Gasteiger partial charge < -0.3 is 10.2 Å². The van der Waals surface area contributed by atoms with Gasteiger partial charge in [-0.3, -0.25) is 4.79 Å². The van der Waals surface area contributed by atoms with Crippen LogP contribution < -0.4 is 5.32 Å². The molecule has 1 atom stereocenters. The maximum Gasteiger partial charge on any atom is 0.254 e. The largest absolute Gasteiger partial charge is 0.330 e. The van der Waals surface area contributed by atoms with Gasteiger partial charge in [-0.2, -0.15) is 0 Å². The first-order valence-electron chi connectivity index (χ1n) is 9.40. The van der Waals surface area contributed by atoms with Gasteiger partial charge in [-0.1, -0.05) is 23.7 Å². The Kier molecular flexibility index (Phi) is 4.10. The summed E-state index contributed by atoms with van der Waals surface area (Å²) < 4.78 is 0. The average Bonchev–Trinajstić information content (AvgIpc) is 3.04. The van der Waals surface area contributed by atoms with Gasteiger partial charge in [0, 0.05) is 40.7 Å². The third-order valence-corrected chi connectivity index (χ3v) is 5.83. The summed E-state index contributed by atoms with van der Waals surface area (Å²) in [7, 11) is 0. The lowest BCUT2D eigenvalue weighted by Gasteiger charge is -2.31. The second-order valence-electron chi connectivity index (χ2n) is 7.34. The Morgan fingerprint density at radius 3 is 2.89 bits per heavy atom. The van der Waals surface area contributed by atoms with E-state index >= 15 is 0 Å². The van der Waals surface area contributed by atoms with E-state index in [1.807, 2.05) is 47.4 Å². The van der Waals surface area contributed by atoms with Crippen molar-refractivity contribution in [1.82, 2.24) is 15.2 Å². The second-order valence-corrected chi connectivity index (χ2v) is 7.78. The predicted molar refractivity (Wildman–Crippen MR) is 108 cm³/mol. The van der Waals surface area contributed by atoms with Gasteiger partial charge in [0.05, 0.1) is 11.2 Å². The molecule has 2 aromatic carbocycles. The Bertz CT molecular complexity index is 1040. The average molecular weight is 378 g/mol. The van der Waals surface area contributed by atoms with Gasteiger partial charge in [0.2, 0.25) is 0 Å². The molecule has 27 heavy (non-hydrogen) atoms. The Hall–Kier alpha value is -2.43. The van der Waals surface area contributed by atoms with Crippen LogP contribution in [-0.2, 0) is 6.54 Å². The van der Waals surface area contributed by atoms with Crippen LogP contribution in [0, 0.1) is 0 Å². The Morgan fingerprint density at radius 2 is 2.04 bits per heavy atom. The summed E-state index contributed by atoms with van der Waals surface area (Å²) in [4.78, 5) is 19.6. The van der Waals surface area contributed by atoms with Crippen LogP contribution in [0.25, 0.3) is 22.2 Å². The lowest BCUT2D eigenvalue weighted by atomic mass is 10.0. The molecule has 3 heterocycles. The number of pyridine rings is 1. The molecule has 0 radical (unpaired) electrons. The summed E-state index contributed by atoms with van der Waals surface area (Å²) in [5.41, 5.74) is 4.81. The number of carbonyl (C=O) groups is 1. The number of nitrogens with zero attached hydrogens (tertiary/aromatic N) is 2. The maximum atomic E-state index is 12.8. The van der Waals surface area contributed by atoms with Crippen molar-refractivity contribution in [2.24, 2.45) is 0 Å². The van der Waals surface area contributed by atoms with Gasteiger partial charge in [-0.05, 0) is 61.3 Å². The molecule has 5 heteroatoms. The summed E-state index contributed by atoms with van der Waals surface area (Å²) in [6.07, 6.45) is 2.20. The molecule has 136 valence electrons. The number of halogens is 1. The molecule has 5 rings (SSSR count). The standard InChI is InChI=1S/C22H20ClN3O/c23-17-5-8-21-15(11-17)4-7-20(25-21)14-3-6-19-16(10-14)13-26(22(19)27)18-2-1-9-24-12-18/h3-8,10-11,18,24H,1-2,9,12-13H2. The second kappa shape index (κ2) is 6.63. The number of hydrogen-bond donors (Lipinski definition) is 1. The number of carbonyl (C=O) groups excluding carboxylic acids is 1. The first-order valence-corrected chi connectivity index (χ1v) is 9.78. The third-order valence-electron chi connectivity index (χ3n) is 5.60. The monoisotopic (exact) mass is 377 g/mol. The SMILES string of the molecule is O=C1c2ccc(-c3ccc4cc(Cl)ccc4n3)cc2CN1C1CCCNC1. The summed E-state index contributed by atoms with van der Waals surface area (Å²) in [6, 6.07) is 16.2. The van der Waals surface area contributed by atoms with Crippen molar-refractivity contribution < 1.29 is 4.79 Å². The quantitative estimate of drug-likeness (QED) is 0.725. The van der Waals surface area contributed by atoms with Crippen molar-refractivity contribution in [2.45, 2.75) is 25.4 Å². The number of amides is 1. The van der Waals surface area contributed by atoms with E-state index in [0.717, 1.165) is 59.2 Å². The molecule has 1 fully saturated rings. The summed E-state index contributed by atoms with van der Waals surface area (Å²) >= 11 is 6.06. The molecule has 4 nitrogen and oxygen atoms in total. The van der Waals surface area contributed by atoms with Crippen LogP contribution in [0.15, 0.2) is 48.5 Å². The fourth-order valence-corrected chi connectivity index (χ4v) is 4.33. The maximum absolute atomic E-state index is 12.8. The molecule has 0 aliphatic carbocycles. The predicted octanol–water partition coefficient (Wildman–Crippen LogP) is 4.26. The third kappa shape index (κ3) is 2.99. The van der Waals surface area contributed by atoms with Gasteiger partial charge in [0.25, 0.3) is 5.91 Å². The summed E-state index contributed by atoms with van der Waals surface area (Å²) in [6.45, 7) is 2.63. The van der Waals surface area contributed by atoms with Gasteiger partial charge >= 0.3 is 0 Å². The zero-order valence-corrected chi connectivity index (χ0v) is 15.7. The highest BCUT2D eigenvalue weighted by atomic mass is 35.5. The Labute approximate surface area is 163 Å². The molecule has 0 saturated carbocycles. The first kappa shape index (κ1) is 16.7. The van der Waals surface area contributed by atoms with Gasteiger partial charge in [0.15, 0.2) is 0 Å². The van der Waals surface area contributed by atoms with E-state index in [4.69, 9.17) is 16.6 Å². The molecule has 3 aromatic rings. The number of fused-ring (bicyclic) bond motifs is 2. The fraction of sp³-hybridized carbons (Fsp3) is 0.273. The van der Waals surface area contributed by atoms with Crippen LogP contribution in [0.1, 0.15) is 28.8 Å². The van der Waals surface area contributed by atoms with Crippen LogP contribution in [0.4, 0.5) is 0 Å². The molecular formula is C22H20ClN3O. The topological polar surface area (TPSA) is 45.2 Å². The van der Waals surface area contributed by atoms with E-state index in [1.54, 1.807) is 0 Å². The zero-order valence-electron chi connectivity index (χ0n) is 14.9. The van der Waals surface area contributed by atoms with Crippen LogP contribution >= 0.6 is 11.6 Å². The number of nitrogens with one attached hydrogen (secondary N) is 1. The van der Waals surface area contributed by atoms with Crippen molar-refractivity contribution in [2.75, 3.05) is 13.1 Å². The van der Waals surface area contributed by atoms with Gasteiger partial charge in [-0.25, -0.2) is 4.98 Å². The van der Waals surface area contributed by atoms with E-state index in [0.29, 0.717) is 17.6 Å². The number of benzene rings is 2. The molecular weight excluding hydrogens is 358 g/mol. The zero-order chi connectivity index (χ0) is 18.4. The highest BCUT2D eigenvalue weighted by Gasteiger charge is 2.33. The fourth-order valence-electron chi connectivity index (χ4n) is 4.15. The molecule has 1 aromatic heterocycles. The highest BCUT2D eigenvalue weighted by molar-refractivity contribution is 6.31. The summed E-state index contributed by atoms with van der Waals surface area (Å²) in [5.74, 6) is 0.159. The molecule has 1 amide bonds. The minimum Gasteiger partial charge on any atom is -0.330 e. The van der Waals surface area contributed by atoms with Crippen LogP contribution in [0.5, 0.6) is 0 Å². The van der Waals surface area contributed by atoms with Gasteiger partial charge in [-0.15, -0.1) is 0 Å². The van der Waals surface area contributed by atoms with Crippen LogP contribution in [0.2, 0.25) is 5.02 Å². The number of aromatic nitrogens is 1. The van der Waals surface area contributed by atoms with E-state index in [-0.39, 0.29) is 5.91 Å². The number of rotatable bonds is 2. The molecule has 0 spiro atoms. The highest BCUT2D eigenvalue weighted by Crippen LogP contribution is 2.31. The van der Waals surface area contributed by atoms with Crippen LogP contribution in [0.3, 0.4) is 0 Å². The van der Waals surface area contributed by atoms with Crippen molar-refractivity contribution in [3.8, 4) is 11.3 Å². The minimum atomic E-state index is 0.159. The molecule has 1 saturated heterocycles. The molecule has 2 aliphatic heterocycles. The van der Waals surface area contributed by atoms with Crippen molar-refractivity contribution in [1.29, 1.82) is 0 Å². The van der Waals surface area contributed by atoms with Crippen molar-refractivity contribution in [3.63, 3.8) is 0 Å². The molecule has 2 aliphatic rings. The molecule has 1 unspecified atom stereocenters. The first-order chi connectivity index (χ1) is 13.2. The van der Waals surface area contributed by atoms with E-state index in [9.17, 15) is 4.79 Å². The Balaban J connectivity index is 1.47. The van der Waals surface area contributed by atoms with Crippen LogP contribution in [-0.4, -0.2) is 34.9 Å². The Morgan fingerprint density at radius 1 is 1.11 bits per heavy atom. The van der Waals surface area contributed by atoms with E-state index in [1.165, 1.54) is 0 Å². The van der Waals surface area contributed by atoms with Crippen molar-refractivity contribution in [3.05, 3.63) is 64.7 Å². The lowest BCUT2D eigenvalue weighted by Crippen LogP contribution is -2.46. The van der Waals surface area contributed by atoms with E-state index < -0.39 is 0 Å².